The minimum Gasteiger partial charge on any atom is -0.441 e. The first-order valence-electron chi connectivity index (χ1n) is 9.46. The first-order chi connectivity index (χ1) is 14.2. The molecule has 2 aromatic heterocycles. The van der Waals surface area contributed by atoms with Crippen LogP contribution in [-0.4, -0.2) is 60.7 Å². The summed E-state index contributed by atoms with van der Waals surface area (Å²) in [4.78, 5) is 25.6. The minimum atomic E-state index is -0.0193. The second-order valence-corrected chi connectivity index (χ2v) is 6.83. The van der Waals surface area contributed by atoms with E-state index in [9.17, 15) is 4.79 Å². The Morgan fingerprint density at radius 3 is 2.76 bits per heavy atom. The number of anilines is 1. The van der Waals surface area contributed by atoms with Crippen LogP contribution < -0.4 is 4.90 Å². The molecule has 8 heteroatoms. The first-order valence-corrected chi connectivity index (χ1v) is 9.46. The maximum atomic E-state index is 12.9. The van der Waals surface area contributed by atoms with Crippen LogP contribution in [0.2, 0.25) is 0 Å². The number of nitrogens with zero attached hydrogens (tertiary/aromatic N) is 5. The number of hydrogen-bond donors (Lipinski definition) is 0. The van der Waals surface area contributed by atoms with Crippen molar-refractivity contribution in [3.05, 3.63) is 53.5 Å². The summed E-state index contributed by atoms with van der Waals surface area (Å²) in [6, 6.07) is 11.0. The highest BCUT2D eigenvalue weighted by atomic mass is 16.5. The van der Waals surface area contributed by atoms with E-state index in [1.165, 1.54) is 0 Å². The largest absolute Gasteiger partial charge is 0.441 e. The average molecular weight is 391 g/mol. The van der Waals surface area contributed by atoms with Crippen LogP contribution in [0.1, 0.15) is 21.8 Å². The van der Waals surface area contributed by atoms with E-state index in [1.807, 2.05) is 17.0 Å². The van der Waals surface area contributed by atoms with E-state index in [0.29, 0.717) is 61.8 Å². The summed E-state index contributed by atoms with van der Waals surface area (Å²) in [5.74, 6) is 1.41. The van der Waals surface area contributed by atoms with Gasteiger partial charge in [-0.05, 0) is 30.3 Å². The van der Waals surface area contributed by atoms with Crippen molar-refractivity contribution in [3.63, 3.8) is 0 Å². The molecule has 3 heterocycles. The summed E-state index contributed by atoms with van der Waals surface area (Å²) >= 11 is 0. The van der Waals surface area contributed by atoms with Gasteiger partial charge in [0, 0.05) is 51.5 Å². The third kappa shape index (κ3) is 4.05. The SMILES string of the molecule is COCCc1nc2ccc(C(=O)N3CCN(c4ccc(C#N)cn4)CC3)cc2o1. The van der Waals surface area contributed by atoms with E-state index >= 15 is 0 Å². The highest BCUT2D eigenvalue weighted by molar-refractivity contribution is 5.97. The average Bonchev–Trinajstić information content (AvgIpc) is 3.19. The van der Waals surface area contributed by atoms with Gasteiger partial charge >= 0.3 is 0 Å². The Morgan fingerprint density at radius 1 is 1.24 bits per heavy atom. The molecule has 0 aliphatic carbocycles. The van der Waals surface area contributed by atoms with Crippen molar-refractivity contribution in [3.8, 4) is 6.07 Å². The number of pyridine rings is 1. The lowest BCUT2D eigenvalue weighted by molar-refractivity contribution is 0.0746. The number of ether oxygens (including phenoxy) is 1. The van der Waals surface area contributed by atoms with E-state index in [-0.39, 0.29) is 5.91 Å². The Bertz CT molecular complexity index is 1050. The number of hydrogen-bond acceptors (Lipinski definition) is 7. The fraction of sp³-hybridized carbons (Fsp3) is 0.333. The van der Waals surface area contributed by atoms with E-state index in [4.69, 9.17) is 14.4 Å². The highest BCUT2D eigenvalue weighted by Crippen LogP contribution is 2.20. The number of fused-ring (bicyclic) bond motifs is 1. The topological polar surface area (TPSA) is 95.5 Å². The van der Waals surface area contributed by atoms with E-state index < -0.39 is 0 Å². The van der Waals surface area contributed by atoms with Crippen molar-refractivity contribution in [2.75, 3.05) is 44.8 Å². The van der Waals surface area contributed by atoms with Crippen molar-refractivity contribution >= 4 is 22.8 Å². The number of carbonyl (C=O) groups is 1. The smallest absolute Gasteiger partial charge is 0.254 e. The summed E-state index contributed by atoms with van der Waals surface area (Å²) in [5, 5.41) is 8.88. The Morgan fingerprint density at radius 2 is 2.07 bits per heavy atom. The number of oxazole rings is 1. The van der Waals surface area contributed by atoms with Gasteiger partial charge in [-0.1, -0.05) is 0 Å². The molecule has 0 spiro atoms. The Kier molecular flexibility index (Phi) is 5.40. The molecule has 0 radical (unpaired) electrons. The third-order valence-electron chi connectivity index (χ3n) is 4.97. The molecule has 0 N–H and O–H groups in total. The molecular formula is C21H21N5O3. The molecule has 3 aromatic rings. The van der Waals surface area contributed by atoms with Crippen LogP contribution in [0.15, 0.2) is 40.9 Å². The third-order valence-corrected chi connectivity index (χ3v) is 4.97. The highest BCUT2D eigenvalue weighted by Gasteiger charge is 2.23. The molecule has 4 rings (SSSR count). The Hall–Kier alpha value is -3.44. The van der Waals surface area contributed by atoms with Gasteiger partial charge in [-0.3, -0.25) is 4.79 Å². The normalized spacial score (nSPS) is 14.2. The minimum absolute atomic E-state index is 0.0193. The number of rotatable bonds is 5. The molecule has 0 unspecified atom stereocenters. The molecule has 29 heavy (non-hydrogen) atoms. The van der Waals surface area contributed by atoms with Gasteiger partial charge in [-0.25, -0.2) is 9.97 Å². The van der Waals surface area contributed by atoms with Gasteiger partial charge < -0.3 is 19.0 Å². The van der Waals surface area contributed by atoms with E-state index in [2.05, 4.69) is 20.9 Å². The number of piperazine rings is 1. The fourth-order valence-electron chi connectivity index (χ4n) is 3.36. The van der Waals surface area contributed by atoms with Crippen LogP contribution in [0.5, 0.6) is 0 Å². The Balaban J connectivity index is 1.41. The van der Waals surface area contributed by atoms with Gasteiger partial charge in [0.2, 0.25) is 0 Å². The van der Waals surface area contributed by atoms with Crippen molar-refractivity contribution in [2.45, 2.75) is 6.42 Å². The molecule has 0 bridgehead atoms. The predicted octanol–water partition coefficient (Wildman–Crippen LogP) is 2.25. The molecule has 8 nitrogen and oxygen atoms in total. The van der Waals surface area contributed by atoms with Gasteiger partial charge in [0.15, 0.2) is 11.5 Å². The molecule has 148 valence electrons. The van der Waals surface area contributed by atoms with Gasteiger partial charge in [-0.2, -0.15) is 5.26 Å². The zero-order valence-corrected chi connectivity index (χ0v) is 16.2. The summed E-state index contributed by atoms with van der Waals surface area (Å²) < 4.78 is 10.8. The number of aromatic nitrogens is 2. The van der Waals surface area contributed by atoms with Crippen LogP contribution >= 0.6 is 0 Å². The van der Waals surface area contributed by atoms with Crippen LogP contribution in [0.3, 0.4) is 0 Å². The summed E-state index contributed by atoms with van der Waals surface area (Å²) in [6.45, 7) is 3.13. The Labute approximate surface area is 168 Å². The molecule has 1 aliphatic rings. The molecular weight excluding hydrogens is 370 g/mol. The van der Waals surface area contributed by atoms with Crippen LogP contribution in [0.4, 0.5) is 5.82 Å². The number of methoxy groups -OCH3 is 1. The number of nitriles is 1. The quantitative estimate of drug-likeness (QED) is 0.658. The lowest BCUT2D eigenvalue weighted by Crippen LogP contribution is -2.49. The number of carbonyl (C=O) groups excluding carboxylic acids is 1. The monoisotopic (exact) mass is 391 g/mol. The second kappa shape index (κ2) is 8.29. The lowest BCUT2D eigenvalue weighted by atomic mass is 10.1. The van der Waals surface area contributed by atoms with Crippen molar-refractivity contribution < 1.29 is 13.9 Å². The first kappa shape index (κ1) is 18.9. The van der Waals surface area contributed by atoms with E-state index in [1.54, 1.807) is 31.5 Å². The zero-order chi connectivity index (χ0) is 20.2. The van der Waals surface area contributed by atoms with Crippen LogP contribution in [0.25, 0.3) is 11.1 Å². The van der Waals surface area contributed by atoms with Crippen molar-refractivity contribution in [1.82, 2.24) is 14.9 Å². The molecule has 1 saturated heterocycles. The molecule has 1 aliphatic heterocycles. The lowest BCUT2D eigenvalue weighted by Gasteiger charge is -2.35. The number of amides is 1. The van der Waals surface area contributed by atoms with Crippen LogP contribution in [0, 0.1) is 11.3 Å². The van der Waals surface area contributed by atoms with Crippen molar-refractivity contribution in [1.29, 1.82) is 5.26 Å². The van der Waals surface area contributed by atoms with Crippen molar-refractivity contribution in [2.24, 2.45) is 0 Å². The van der Waals surface area contributed by atoms with Crippen LogP contribution in [-0.2, 0) is 11.2 Å². The summed E-state index contributed by atoms with van der Waals surface area (Å²) in [7, 11) is 1.64. The zero-order valence-electron chi connectivity index (χ0n) is 16.2. The predicted molar refractivity (Wildman–Crippen MR) is 107 cm³/mol. The number of benzene rings is 1. The van der Waals surface area contributed by atoms with Gasteiger partial charge in [0.25, 0.3) is 5.91 Å². The van der Waals surface area contributed by atoms with Gasteiger partial charge in [-0.15, -0.1) is 0 Å². The van der Waals surface area contributed by atoms with Gasteiger partial charge in [0.1, 0.15) is 17.4 Å². The van der Waals surface area contributed by atoms with E-state index in [0.717, 1.165) is 11.3 Å². The molecule has 0 saturated carbocycles. The molecule has 1 amide bonds. The van der Waals surface area contributed by atoms with Gasteiger partial charge in [0.05, 0.1) is 12.2 Å². The maximum Gasteiger partial charge on any atom is 0.254 e. The summed E-state index contributed by atoms with van der Waals surface area (Å²) in [6.07, 6.45) is 2.17. The summed E-state index contributed by atoms with van der Waals surface area (Å²) in [5.41, 5.74) is 2.49. The molecule has 1 fully saturated rings. The molecule has 0 atom stereocenters. The molecule has 1 aromatic carbocycles. The maximum absolute atomic E-state index is 12.9. The standard InChI is InChI=1S/C21H21N5O3/c1-28-11-6-20-24-17-4-3-16(12-18(17)29-20)21(27)26-9-7-25(8-10-26)19-5-2-15(13-22)14-23-19/h2-5,12,14H,6-11H2,1H3. The second-order valence-electron chi connectivity index (χ2n) is 6.83. The fourth-order valence-corrected chi connectivity index (χ4v) is 3.36.